The number of amides is 3. The first-order chi connectivity index (χ1) is 12.0. The molecule has 0 unspecified atom stereocenters. The van der Waals surface area contributed by atoms with Crippen molar-refractivity contribution in [2.24, 2.45) is 0 Å². The van der Waals surface area contributed by atoms with Crippen LogP contribution in [0.4, 0.5) is 0 Å². The highest BCUT2D eigenvalue weighted by molar-refractivity contribution is 6.40. The molecule has 5 nitrogen and oxygen atoms in total. The summed E-state index contributed by atoms with van der Waals surface area (Å²) < 4.78 is 0. The van der Waals surface area contributed by atoms with Crippen molar-refractivity contribution in [3.8, 4) is 0 Å². The summed E-state index contributed by atoms with van der Waals surface area (Å²) in [4.78, 5) is 40.6. The number of hydrogen-bond acceptors (Lipinski definition) is 3. The summed E-state index contributed by atoms with van der Waals surface area (Å²) in [5, 5.41) is 0. The Kier molecular flexibility index (Phi) is 5.70. The lowest BCUT2D eigenvalue weighted by atomic mass is 9.82. The van der Waals surface area contributed by atoms with Crippen LogP contribution < -0.4 is 0 Å². The summed E-state index contributed by atoms with van der Waals surface area (Å²) in [6.07, 6.45) is 5.09. The van der Waals surface area contributed by atoms with Crippen molar-refractivity contribution >= 4 is 17.7 Å². The number of benzene rings is 1. The molecule has 1 atom stereocenters. The second-order valence-electron chi connectivity index (χ2n) is 5.90. The van der Waals surface area contributed by atoms with Crippen molar-refractivity contribution < 1.29 is 14.4 Å². The first-order valence-corrected chi connectivity index (χ1v) is 8.06. The molecule has 1 heterocycles. The highest BCUT2D eigenvalue weighted by Gasteiger charge is 2.54. The molecule has 1 aromatic carbocycles. The Morgan fingerprint density at radius 1 is 0.880 bits per heavy atom. The standard InChI is InChI=1S/C20H22N2O3/c1-4-12-20(15-16-10-8-7-9-11-16)19(25)21(13-5-2)17(23)18(24)22(20)14-6-3/h4-11H,1-3,12-15H2/t20-/m0/s1. The van der Waals surface area contributed by atoms with Crippen LogP contribution in [-0.2, 0) is 20.8 Å². The maximum absolute atomic E-state index is 13.3. The van der Waals surface area contributed by atoms with Crippen molar-refractivity contribution in [2.45, 2.75) is 18.4 Å². The normalized spacial score (nSPS) is 20.6. The summed E-state index contributed by atoms with van der Waals surface area (Å²) in [6, 6.07) is 9.41. The molecule has 1 aliphatic rings. The van der Waals surface area contributed by atoms with Gasteiger partial charge >= 0.3 is 11.8 Å². The third-order valence-electron chi connectivity index (χ3n) is 4.28. The molecule has 3 amide bonds. The van der Waals surface area contributed by atoms with Gasteiger partial charge in [-0.25, -0.2) is 0 Å². The molecule has 0 aliphatic carbocycles. The minimum absolute atomic E-state index is 0.000974. The average molecular weight is 338 g/mol. The minimum Gasteiger partial charge on any atom is -0.315 e. The highest BCUT2D eigenvalue weighted by Crippen LogP contribution is 2.32. The lowest BCUT2D eigenvalue weighted by Crippen LogP contribution is -2.70. The van der Waals surface area contributed by atoms with Crippen molar-refractivity contribution in [3.05, 3.63) is 73.9 Å². The van der Waals surface area contributed by atoms with Gasteiger partial charge in [-0.3, -0.25) is 19.3 Å². The molecule has 1 fully saturated rings. The molecule has 0 saturated carbocycles. The summed E-state index contributed by atoms with van der Waals surface area (Å²) in [7, 11) is 0. The van der Waals surface area contributed by atoms with Crippen molar-refractivity contribution in [1.82, 2.24) is 9.80 Å². The molecule has 0 aromatic heterocycles. The monoisotopic (exact) mass is 338 g/mol. The molecule has 1 saturated heterocycles. The first kappa shape index (κ1) is 18.4. The van der Waals surface area contributed by atoms with Gasteiger partial charge in [0.2, 0.25) is 0 Å². The number of nitrogens with zero attached hydrogens (tertiary/aromatic N) is 2. The highest BCUT2D eigenvalue weighted by atomic mass is 16.2. The molecular weight excluding hydrogens is 316 g/mol. The van der Waals surface area contributed by atoms with Gasteiger partial charge in [-0.1, -0.05) is 48.6 Å². The van der Waals surface area contributed by atoms with E-state index in [1.165, 1.54) is 17.1 Å². The molecule has 2 rings (SSSR count). The number of imide groups is 1. The van der Waals surface area contributed by atoms with E-state index in [1.807, 2.05) is 30.3 Å². The SMILES string of the molecule is C=CCN1C(=O)C(=O)N(CC=C)[C@@](CC=C)(Cc2ccccc2)C1=O. The molecule has 130 valence electrons. The van der Waals surface area contributed by atoms with E-state index in [2.05, 4.69) is 19.7 Å². The number of carbonyl (C=O) groups is 3. The van der Waals surface area contributed by atoms with Gasteiger partial charge in [0.15, 0.2) is 0 Å². The summed E-state index contributed by atoms with van der Waals surface area (Å²) >= 11 is 0. The van der Waals surface area contributed by atoms with E-state index in [0.29, 0.717) is 6.42 Å². The first-order valence-electron chi connectivity index (χ1n) is 8.06. The van der Waals surface area contributed by atoms with E-state index in [4.69, 9.17) is 0 Å². The fraction of sp³-hybridized carbons (Fsp3) is 0.250. The number of hydrogen-bond donors (Lipinski definition) is 0. The van der Waals surface area contributed by atoms with Gasteiger partial charge in [0, 0.05) is 19.5 Å². The van der Waals surface area contributed by atoms with E-state index in [-0.39, 0.29) is 19.5 Å². The Labute approximate surface area is 147 Å². The van der Waals surface area contributed by atoms with Crippen LogP contribution in [0.25, 0.3) is 0 Å². The molecule has 1 aromatic rings. The van der Waals surface area contributed by atoms with Gasteiger partial charge in [-0.05, 0) is 12.0 Å². The number of rotatable bonds is 8. The minimum atomic E-state index is -1.20. The van der Waals surface area contributed by atoms with Crippen molar-refractivity contribution in [2.75, 3.05) is 13.1 Å². The van der Waals surface area contributed by atoms with Gasteiger partial charge in [-0.15, -0.1) is 19.7 Å². The van der Waals surface area contributed by atoms with Crippen LogP contribution in [0.2, 0.25) is 0 Å². The zero-order valence-corrected chi connectivity index (χ0v) is 14.2. The van der Waals surface area contributed by atoms with Crippen LogP contribution in [0.1, 0.15) is 12.0 Å². The van der Waals surface area contributed by atoms with E-state index in [1.54, 1.807) is 6.08 Å². The predicted octanol–water partition coefficient (Wildman–Crippen LogP) is 2.11. The zero-order chi connectivity index (χ0) is 18.4. The van der Waals surface area contributed by atoms with Crippen molar-refractivity contribution in [1.29, 1.82) is 0 Å². The number of piperazine rings is 1. The predicted molar refractivity (Wildman–Crippen MR) is 96.5 cm³/mol. The summed E-state index contributed by atoms with van der Waals surface area (Å²) in [6.45, 7) is 11.1. The number of carbonyl (C=O) groups excluding carboxylic acids is 3. The van der Waals surface area contributed by atoms with Crippen LogP contribution in [0.15, 0.2) is 68.3 Å². The lowest BCUT2D eigenvalue weighted by Gasteiger charge is -2.47. The Bertz CT molecular complexity index is 711. The Morgan fingerprint density at radius 2 is 1.52 bits per heavy atom. The van der Waals surface area contributed by atoms with E-state index in [0.717, 1.165) is 10.5 Å². The van der Waals surface area contributed by atoms with E-state index >= 15 is 0 Å². The molecule has 1 aliphatic heterocycles. The van der Waals surface area contributed by atoms with Crippen LogP contribution in [0, 0.1) is 0 Å². The topological polar surface area (TPSA) is 57.7 Å². The summed E-state index contributed by atoms with van der Waals surface area (Å²) in [5.41, 5.74) is -0.307. The fourth-order valence-electron chi connectivity index (χ4n) is 3.18. The van der Waals surface area contributed by atoms with Crippen LogP contribution in [0.3, 0.4) is 0 Å². The Morgan fingerprint density at radius 3 is 2.08 bits per heavy atom. The van der Waals surface area contributed by atoms with E-state index < -0.39 is 23.3 Å². The van der Waals surface area contributed by atoms with Crippen molar-refractivity contribution in [3.63, 3.8) is 0 Å². The quantitative estimate of drug-likeness (QED) is 0.414. The van der Waals surface area contributed by atoms with Gasteiger partial charge in [-0.2, -0.15) is 0 Å². The third kappa shape index (κ3) is 3.31. The maximum atomic E-state index is 13.3. The van der Waals surface area contributed by atoms with Crippen LogP contribution in [0.5, 0.6) is 0 Å². The van der Waals surface area contributed by atoms with Gasteiger partial charge in [0.25, 0.3) is 5.91 Å². The van der Waals surface area contributed by atoms with E-state index in [9.17, 15) is 14.4 Å². The van der Waals surface area contributed by atoms with Gasteiger partial charge in [0.1, 0.15) is 5.54 Å². The largest absolute Gasteiger partial charge is 0.319 e. The molecule has 0 radical (unpaired) electrons. The molecule has 5 heteroatoms. The molecule has 0 N–H and O–H groups in total. The Balaban J connectivity index is 2.59. The second-order valence-corrected chi connectivity index (χ2v) is 5.90. The second kappa shape index (κ2) is 7.75. The Hall–Kier alpha value is -2.95. The molecule has 25 heavy (non-hydrogen) atoms. The van der Waals surface area contributed by atoms with Crippen LogP contribution >= 0.6 is 0 Å². The smallest absolute Gasteiger partial charge is 0.315 e. The fourth-order valence-corrected chi connectivity index (χ4v) is 3.18. The average Bonchev–Trinajstić information content (AvgIpc) is 2.62. The molecule has 0 spiro atoms. The maximum Gasteiger partial charge on any atom is 0.319 e. The third-order valence-corrected chi connectivity index (χ3v) is 4.28. The lowest BCUT2D eigenvalue weighted by molar-refractivity contribution is -0.173. The van der Waals surface area contributed by atoms with Crippen LogP contribution in [-0.4, -0.2) is 46.1 Å². The molecular formula is C20H22N2O3. The zero-order valence-electron chi connectivity index (χ0n) is 14.2. The van der Waals surface area contributed by atoms with Gasteiger partial charge < -0.3 is 4.90 Å². The van der Waals surface area contributed by atoms with Gasteiger partial charge in [0.05, 0.1) is 0 Å². The summed E-state index contributed by atoms with van der Waals surface area (Å²) in [5.74, 6) is -1.96. The molecule has 0 bridgehead atoms.